The molecule has 1 saturated heterocycles. The molecule has 4 heterocycles. The topological polar surface area (TPSA) is 97.0 Å². The van der Waals surface area contributed by atoms with E-state index in [1.807, 2.05) is 22.4 Å². The first-order valence-electron chi connectivity index (χ1n) is 8.92. The number of piperidine rings is 1. The first kappa shape index (κ1) is 17.6. The van der Waals surface area contributed by atoms with E-state index >= 15 is 0 Å². The monoisotopic (exact) mass is 384 g/mol. The Labute approximate surface area is 160 Å². The molecule has 140 valence electrons. The molecule has 0 radical (unpaired) electrons. The molecule has 1 fully saturated rings. The Morgan fingerprint density at radius 2 is 2.37 bits per heavy atom. The highest BCUT2D eigenvalue weighted by atomic mass is 32.1. The normalized spacial score (nSPS) is 17.0. The number of rotatable bonds is 5. The van der Waals surface area contributed by atoms with Gasteiger partial charge in [-0.15, -0.1) is 11.3 Å². The van der Waals surface area contributed by atoms with E-state index in [1.165, 1.54) is 0 Å². The Bertz CT molecular complexity index is 867. The molecule has 4 rings (SSSR count). The van der Waals surface area contributed by atoms with Gasteiger partial charge in [-0.05, 0) is 30.2 Å². The minimum Gasteiger partial charge on any atom is -0.339 e. The summed E-state index contributed by atoms with van der Waals surface area (Å²) in [7, 11) is 0. The molecule has 9 heteroatoms. The van der Waals surface area contributed by atoms with Crippen LogP contribution in [0.2, 0.25) is 0 Å². The summed E-state index contributed by atoms with van der Waals surface area (Å²) in [6.45, 7) is 2.05. The fourth-order valence-electron chi connectivity index (χ4n) is 3.21. The number of hydrogen-bond acceptors (Lipinski definition) is 7. The lowest BCUT2D eigenvalue weighted by molar-refractivity contribution is 0.161. The van der Waals surface area contributed by atoms with Gasteiger partial charge >= 0.3 is 6.03 Å². The van der Waals surface area contributed by atoms with Gasteiger partial charge in [-0.2, -0.15) is 4.98 Å². The second-order valence-electron chi connectivity index (χ2n) is 6.50. The average Bonchev–Trinajstić information content (AvgIpc) is 3.39. The van der Waals surface area contributed by atoms with Crippen LogP contribution in [0.15, 0.2) is 40.6 Å². The predicted molar refractivity (Wildman–Crippen MR) is 99.9 cm³/mol. The van der Waals surface area contributed by atoms with Crippen molar-refractivity contribution in [2.24, 2.45) is 5.92 Å². The van der Waals surface area contributed by atoms with Crippen molar-refractivity contribution in [3.63, 3.8) is 0 Å². The van der Waals surface area contributed by atoms with Gasteiger partial charge in [-0.25, -0.2) is 9.78 Å². The van der Waals surface area contributed by atoms with E-state index < -0.39 is 0 Å². The summed E-state index contributed by atoms with van der Waals surface area (Å²) < 4.78 is 5.37. The fourth-order valence-corrected chi connectivity index (χ4v) is 3.85. The maximum absolute atomic E-state index is 12.4. The molecule has 0 aromatic carbocycles. The molecule has 1 aliphatic rings. The number of likely N-dealkylation sites (tertiary alicyclic amines) is 1. The van der Waals surface area contributed by atoms with Gasteiger partial charge in [0.2, 0.25) is 11.7 Å². The van der Waals surface area contributed by atoms with E-state index in [0.29, 0.717) is 42.8 Å². The maximum Gasteiger partial charge on any atom is 0.317 e. The molecule has 8 nitrogen and oxygen atoms in total. The van der Waals surface area contributed by atoms with Gasteiger partial charge in [0.05, 0.1) is 12.7 Å². The Morgan fingerprint density at radius 1 is 1.41 bits per heavy atom. The first-order chi connectivity index (χ1) is 13.3. The summed E-state index contributed by atoms with van der Waals surface area (Å²) in [4.78, 5) is 28.1. The van der Waals surface area contributed by atoms with Gasteiger partial charge in [-0.1, -0.05) is 11.2 Å². The molecule has 1 unspecified atom stereocenters. The van der Waals surface area contributed by atoms with Crippen molar-refractivity contribution in [2.45, 2.75) is 25.8 Å². The lowest BCUT2D eigenvalue weighted by atomic mass is 9.95. The molecule has 3 aromatic rings. The zero-order chi connectivity index (χ0) is 18.5. The lowest BCUT2D eigenvalue weighted by Gasteiger charge is -2.32. The van der Waals surface area contributed by atoms with Crippen LogP contribution in [-0.2, 0) is 13.0 Å². The molecule has 0 bridgehead atoms. The number of hydrogen-bond donors (Lipinski definition) is 1. The Kier molecular flexibility index (Phi) is 5.38. The highest BCUT2D eigenvalue weighted by molar-refractivity contribution is 7.09. The van der Waals surface area contributed by atoms with Crippen molar-refractivity contribution in [1.29, 1.82) is 0 Å². The number of amides is 2. The zero-order valence-corrected chi connectivity index (χ0v) is 15.6. The van der Waals surface area contributed by atoms with Crippen LogP contribution >= 0.6 is 11.3 Å². The quantitative estimate of drug-likeness (QED) is 0.726. The predicted octanol–water partition coefficient (Wildman–Crippen LogP) is 2.75. The molecule has 0 aliphatic carbocycles. The minimum atomic E-state index is -0.0149. The van der Waals surface area contributed by atoms with Crippen molar-refractivity contribution < 1.29 is 9.32 Å². The van der Waals surface area contributed by atoms with Gasteiger partial charge in [0.1, 0.15) is 5.69 Å². The summed E-state index contributed by atoms with van der Waals surface area (Å²) in [5.74, 6) is 1.32. The van der Waals surface area contributed by atoms with E-state index in [2.05, 4.69) is 25.4 Å². The Balaban J connectivity index is 1.32. The van der Waals surface area contributed by atoms with Crippen molar-refractivity contribution in [3.8, 4) is 11.5 Å². The number of urea groups is 1. The smallest absolute Gasteiger partial charge is 0.317 e. The number of thiophene rings is 1. The Hall–Kier alpha value is -2.81. The van der Waals surface area contributed by atoms with E-state index in [9.17, 15) is 4.79 Å². The van der Waals surface area contributed by atoms with Crippen molar-refractivity contribution in [2.75, 3.05) is 13.1 Å². The van der Waals surface area contributed by atoms with Crippen molar-refractivity contribution >= 4 is 17.4 Å². The van der Waals surface area contributed by atoms with Crippen LogP contribution in [0.3, 0.4) is 0 Å². The third kappa shape index (κ3) is 4.48. The number of carbonyl (C=O) groups is 1. The van der Waals surface area contributed by atoms with Crippen LogP contribution in [0.25, 0.3) is 11.5 Å². The van der Waals surface area contributed by atoms with Crippen molar-refractivity contribution in [1.82, 2.24) is 30.3 Å². The summed E-state index contributed by atoms with van der Waals surface area (Å²) >= 11 is 1.64. The summed E-state index contributed by atoms with van der Waals surface area (Å²) in [5, 5.41) is 8.99. The van der Waals surface area contributed by atoms with Gasteiger partial charge in [0, 0.05) is 36.8 Å². The second-order valence-corrected chi connectivity index (χ2v) is 7.53. The molecule has 3 aromatic heterocycles. The second kappa shape index (κ2) is 8.26. The van der Waals surface area contributed by atoms with E-state index in [4.69, 9.17) is 4.52 Å². The standard InChI is InChI=1S/C18H20N6O2S/c25-18(21-10-14-4-2-8-27-14)24-7-1-3-13(12-24)9-16-22-17(23-26-16)15-11-19-5-6-20-15/h2,4-6,8,11,13H,1,3,7,9-10,12H2,(H,21,25). The lowest BCUT2D eigenvalue weighted by Crippen LogP contribution is -2.45. The molecule has 0 spiro atoms. The average molecular weight is 384 g/mol. The summed E-state index contributed by atoms with van der Waals surface area (Å²) in [6, 6.07) is 4.00. The SMILES string of the molecule is O=C(NCc1cccs1)N1CCCC(Cc2nc(-c3cnccn3)no2)C1. The molecule has 1 aliphatic heterocycles. The van der Waals surface area contributed by atoms with E-state index in [0.717, 1.165) is 24.3 Å². The number of aromatic nitrogens is 4. The third-order valence-corrected chi connectivity index (χ3v) is 5.40. The maximum atomic E-state index is 12.4. The molecule has 1 atom stereocenters. The van der Waals surface area contributed by atoms with Crippen LogP contribution in [0, 0.1) is 5.92 Å². The molecule has 0 saturated carbocycles. The van der Waals surface area contributed by atoms with E-state index in [1.54, 1.807) is 29.9 Å². The van der Waals surface area contributed by atoms with Gasteiger partial charge < -0.3 is 14.7 Å². The van der Waals surface area contributed by atoms with Crippen LogP contribution in [-0.4, -0.2) is 44.1 Å². The largest absolute Gasteiger partial charge is 0.339 e. The van der Waals surface area contributed by atoms with Crippen molar-refractivity contribution in [3.05, 3.63) is 46.9 Å². The van der Waals surface area contributed by atoms with Crippen LogP contribution < -0.4 is 5.32 Å². The van der Waals surface area contributed by atoms with Gasteiger partial charge in [0.25, 0.3) is 0 Å². The highest BCUT2D eigenvalue weighted by Crippen LogP contribution is 2.21. The molecule has 1 N–H and O–H groups in total. The summed E-state index contributed by atoms with van der Waals surface area (Å²) in [5.41, 5.74) is 0.589. The molecular weight excluding hydrogens is 364 g/mol. The van der Waals surface area contributed by atoms with Crippen LogP contribution in [0.1, 0.15) is 23.6 Å². The van der Waals surface area contributed by atoms with Gasteiger partial charge in [0.15, 0.2) is 0 Å². The summed E-state index contributed by atoms with van der Waals surface area (Å²) in [6.07, 6.45) is 7.47. The van der Waals surface area contributed by atoms with E-state index in [-0.39, 0.29) is 6.03 Å². The molecular formula is C18H20N6O2S. The number of nitrogens with one attached hydrogen (secondary N) is 1. The van der Waals surface area contributed by atoms with Gasteiger partial charge in [-0.3, -0.25) is 4.98 Å². The number of nitrogens with zero attached hydrogens (tertiary/aromatic N) is 5. The molecule has 27 heavy (non-hydrogen) atoms. The minimum absolute atomic E-state index is 0.0149. The fraction of sp³-hybridized carbons (Fsp3) is 0.389. The Morgan fingerprint density at radius 3 is 3.19 bits per heavy atom. The first-order valence-corrected chi connectivity index (χ1v) is 9.80. The highest BCUT2D eigenvalue weighted by Gasteiger charge is 2.25. The number of carbonyl (C=O) groups excluding carboxylic acids is 1. The zero-order valence-electron chi connectivity index (χ0n) is 14.7. The third-order valence-electron chi connectivity index (χ3n) is 4.52. The van der Waals surface area contributed by atoms with Crippen LogP contribution in [0.4, 0.5) is 4.79 Å². The van der Waals surface area contributed by atoms with Crippen LogP contribution in [0.5, 0.6) is 0 Å². The molecule has 2 amide bonds.